The van der Waals surface area contributed by atoms with E-state index in [1.165, 1.54) is 11.1 Å². The van der Waals surface area contributed by atoms with Crippen LogP contribution in [0.15, 0.2) is 30.9 Å². The van der Waals surface area contributed by atoms with E-state index < -0.39 is 0 Å². The summed E-state index contributed by atoms with van der Waals surface area (Å²) in [7, 11) is 0. The molecular formula is C20H34. The Morgan fingerprint density at radius 1 is 0.950 bits per heavy atom. The second-order valence-electron chi connectivity index (χ2n) is 3.25. The zero-order valence-electron chi connectivity index (χ0n) is 14.9. The Morgan fingerprint density at radius 3 is 1.85 bits per heavy atom. The molecular weight excluding hydrogens is 240 g/mol. The predicted octanol–water partition coefficient (Wildman–Crippen LogP) is 5.48. The average molecular weight is 274 g/mol. The summed E-state index contributed by atoms with van der Waals surface area (Å²) < 4.78 is 0. The molecule has 0 amide bonds. The molecule has 114 valence electrons. The van der Waals surface area contributed by atoms with E-state index in [9.17, 15) is 0 Å². The van der Waals surface area contributed by atoms with Gasteiger partial charge in [0.05, 0.1) is 0 Å². The highest BCUT2D eigenvalue weighted by molar-refractivity contribution is 5.55. The summed E-state index contributed by atoms with van der Waals surface area (Å²) in [6.07, 6.45) is 7.91. The molecule has 0 atom stereocenters. The van der Waals surface area contributed by atoms with Crippen molar-refractivity contribution in [3.8, 4) is 0 Å². The zero-order valence-corrected chi connectivity index (χ0v) is 14.9. The normalized spacial score (nSPS) is 9.50. The van der Waals surface area contributed by atoms with Crippen molar-refractivity contribution in [3.63, 3.8) is 0 Å². The van der Waals surface area contributed by atoms with E-state index in [4.69, 9.17) is 0 Å². The Morgan fingerprint density at radius 2 is 1.45 bits per heavy atom. The van der Waals surface area contributed by atoms with Gasteiger partial charge < -0.3 is 0 Å². The molecule has 0 nitrogen and oxygen atoms in total. The summed E-state index contributed by atoms with van der Waals surface area (Å²) >= 11 is 0. The lowest BCUT2D eigenvalue weighted by Crippen LogP contribution is -2.26. The molecule has 1 rings (SSSR count). The molecule has 1 aromatic rings. The monoisotopic (exact) mass is 274 g/mol. The van der Waals surface area contributed by atoms with Gasteiger partial charge in [-0.2, -0.15) is 0 Å². The van der Waals surface area contributed by atoms with Crippen molar-refractivity contribution >= 4 is 18.7 Å². The Labute approximate surface area is 127 Å². The first-order valence-corrected chi connectivity index (χ1v) is 7.74. The molecule has 0 aromatic heterocycles. The fourth-order valence-electron chi connectivity index (χ4n) is 1.44. The maximum absolute atomic E-state index is 4.07. The second-order valence-corrected chi connectivity index (χ2v) is 3.25. The van der Waals surface area contributed by atoms with Crippen molar-refractivity contribution in [2.45, 2.75) is 55.4 Å². The van der Waals surface area contributed by atoms with Crippen LogP contribution in [-0.2, 0) is 0 Å². The molecule has 0 aliphatic heterocycles. The molecule has 0 fully saturated rings. The molecule has 0 saturated carbocycles. The van der Waals surface area contributed by atoms with Gasteiger partial charge in [0.15, 0.2) is 0 Å². The third kappa shape index (κ3) is 8.53. The van der Waals surface area contributed by atoms with E-state index in [0.717, 1.165) is 10.4 Å². The largest absolute Gasteiger partial charge is 0.0990 e. The summed E-state index contributed by atoms with van der Waals surface area (Å²) in [6.45, 7) is 23.9. The lowest BCUT2D eigenvalue weighted by molar-refractivity contribution is 1.35. The summed E-state index contributed by atoms with van der Waals surface area (Å²) in [5, 5.41) is 2.23. The Kier molecular flexibility index (Phi) is 20.5. The lowest BCUT2D eigenvalue weighted by atomic mass is 10.0. The Balaban J connectivity index is -0.000000425. The molecule has 0 heterocycles. The van der Waals surface area contributed by atoms with Crippen molar-refractivity contribution in [2.75, 3.05) is 0 Å². The summed E-state index contributed by atoms with van der Waals surface area (Å²) in [5.41, 5.74) is 2.47. The van der Waals surface area contributed by atoms with E-state index >= 15 is 0 Å². The number of hydrogen-bond acceptors (Lipinski definition) is 0. The van der Waals surface area contributed by atoms with Gasteiger partial charge in [0.2, 0.25) is 0 Å². The van der Waals surface area contributed by atoms with Crippen LogP contribution in [0.3, 0.4) is 0 Å². The highest BCUT2D eigenvalue weighted by Crippen LogP contribution is 2.02. The van der Waals surface area contributed by atoms with Crippen molar-refractivity contribution in [1.29, 1.82) is 0 Å². The third-order valence-electron chi connectivity index (χ3n) is 2.32. The maximum Gasteiger partial charge on any atom is -0.0187 e. The van der Waals surface area contributed by atoms with Crippen LogP contribution in [-0.4, -0.2) is 0 Å². The van der Waals surface area contributed by atoms with Crippen LogP contribution in [0.25, 0.3) is 18.7 Å². The zero-order chi connectivity index (χ0) is 16.6. The van der Waals surface area contributed by atoms with E-state index in [-0.39, 0.29) is 0 Å². The van der Waals surface area contributed by atoms with E-state index in [2.05, 4.69) is 38.3 Å². The number of hydrogen-bond donors (Lipinski definition) is 0. The minimum Gasteiger partial charge on any atom is -0.0990 e. The highest BCUT2D eigenvalue weighted by atomic mass is 14.0. The molecule has 0 unspecified atom stereocenters. The van der Waals surface area contributed by atoms with Crippen LogP contribution >= 0.6 is 0 Å². The Bertz CT molecular complexity index is 462. The van der Waals surface area contributed by atoms with E-state index in [0.29, 0.717) is 0 Å². The number of allylic oxidation sites excluding steroid dienone is 2. The van der Waals surface area contributed by atoms with Crippen LogP contribution in [0.4, 0.5) is 0 Å². The van der Waals surface area contributed by atoms with Gasteiger partial charge in [0, 0.05) is 0 Å². The Hall–Kier alpha value is -1.56. The average Bonchev–Trinajstić information content (AvgIpc) is 2.53. The lowest BCUT2D eigenvalue weighted by Gasteiger charge is -2.00. The molecule has 0 bridgehead atoms. The fourth-order valence-corrected chi connectivity index (χ4v) is 1.44. The smallest absolute Gasteiger partial charge is 0.0187 e. The van der Waals surface area contributed by atoms with Gasteiger partial charge in [0.25, 0.3) is 0 Å². The summed E-state index contributed by atoms with van der Waals surface area (Å²) in [5.74, 6) is 0. The van der Waals surface area contributed by atoms with Gasteiger partial charge in [-0.15, -0.1) is 0 Å². The summed E-state index contributed by atoms with van der Waals surface area (Å²) in [4.78, 5) is 0. The molecule has 0 heteroatoms. The first-order chi connectivity index (χ1) is 9.70. The van der Waals surface area contributed by atoms with Gasteiger partial charge in [0.1, 0.15) is 0 Å². The van der Waals surface area contributed by atoms with Crippen molar-refractivity contribution < 1.29 is 0 Å². The van der Waals surface area contributed by atoms with Crippen LogP contribution in [0, 0.1) is 6.92 Å². The van der Waals surface area contributed by atoms with E-state index in [1.807, 2.05) is 60.6 Å². The van der Waals surface area contributed by atoms with Crippen molar-refractivity contribution in [3.05, 3.63) is 52.4 Å². The molecule has 0 N–H and O–H groups in total. The third-order valence-corrected chi connectivity index (χ3v) is 2.32. The maximum atomic E-state index is 4.07. The standard InChI is InChI=1S/C14H16.3C2H6/c1-5-7-13-9-10-14(8-6-2)12(4)11(13)3;3*1-2/h5-10H,1,3H2,2,4H3;3*1-2H3/b8-6-,13-7-;;;. The molecule has 0 radical (unpaired) electrons. The minimum atomic E-state index is 1.08. The van der Waals surface area contributed by atoms with Gasteiger partial charge >= 0.3 is 0 Å². The SMILES string of the molecule is C=C/C=c1/ccc(/C=C\C)c(C)c1=C.CC.CC.CC. The fraction of sp³-hybridized carbons (Fsp3) is 0.400. The number of benzene rings is 1. The molecule has 0 spiro atoms. The first-order valence-electron chi connectivity index (χ1n) is 7.74. The minimum absolute atomic E-state index is 1.08. The van der Waals surface area contributed by atoms with Crippen LogP contribution in [0.5, 0.6) is 0 Å². The van der Waals surface area contributed by atoms with Gasteiger partial charge in [-0.1, -0.05) is 91.1 Å². The first kappa shape index (κ1) is 23.5. The highest BCUT2D eigenvalue weighted by Gasteiger charge is 1.94. The second kappa shape index (κ2) is 17.4. The van der Waals surface area contributed by atoms with E-state index in [1.54, 1.807) is 6.08 Å². The topological polar surface area (TPSA) is 0 Å². The van der Waals surface area contributed by atoms with Gasteiger partial charge in [-0.05, 0) is 35.4 Å². The molecule has 1 aromatic carbocycles. The number of rotatable bonds is 2. The van der Waals surface area contributed by atoms with Crippen molar-refractivity contribution in [1.82, 2.24) is 0 Å². The van der Waals surface area contributed by atoms with Crippen LogP contribution in [0.2, 0.25) is 0 Å². The quantitative estimate of drug-likeness (QED) is 0.669. The molecule has 0 aliphatic carbocycles. The molecule has 0 saturated heterocycles. The summed E-state index contributed by atoms with van der Waals surface area (Å²) in [6, 6.07) is 4.19. The van der Waals surface area contributed by atoms with Crippen molar-refractivity contribution in [2.24, 2.45) is 0 Å². The van der Waals surface area contributed by atoms with Crippen LogP contribution in [0.1, 0.15) is 59.6 Å². The van der Waals surface area contributed by atoms with Crippen LogP contribution < -0.4 is 10.4 Å². The molecule has 20 heavy (non-hydrogen) atoms. The van der Waals surface area contributed by atoms with Gasteiger partial charge in [-0.25, -0.2) is 0 Å². The molecule has 0 aliphatic rings. The predicted molar refractivity (Wildman–Crippen MR) is 99.4 cm³/mol. The van der Waals surface area contributed by atoms with Gasteiger partial charge in [-0.3, -0.25) is 0 Å².